The van der Waals surface area contributed by atoms with Crippen molar-refractivity contribution >= 4 is 35.1 Å². The van der Waals surface area contributed by atoms with Crippen molar-refractivity contribution in [2.24, 2.45) is 10.9 Å². The maximum absolute atomic E-state index is 8.75. The van der Waals surface area contributed by atoms with Crippen molar-refractivity contribution in [2.75, 3.05) is 5.32 Å². The Morgan fingerprint density at radius 1 is 1.58 bits per heavy atom. The van der Waals surface area contributed by atoms with Crippen LogP contribution in [-0.4, -0.2) is 6.21 Å². The van der Waals surface area contributed by atoms with Crippen LogP contribution in [0, 0.1) is 11.3 Å². The molecule has 0 radical (unpaired) electrons. The fourth-order valence-corrected chi connectivity index (χ4v) is 1.63. The van der Waals surface area contributed by atoms with Gasteiger partial charge < -0.3 is 11.2 Å². The predicted octanol–water partition coefficient (Wildman–Crippen LogP) is 3.59. The number of hydrazone groups is 1. The molecule has 1 rings (SSSR count). The van der Waals surface area contributed by atoms with Crippen LogP contribution in [0.3, 0.4) is 0 Å². The van der Waals surface area contributed by atoms with Gasteiger partial charge in [0, 0.05) is 0 Å². The lowest BCUT2D eigenvalue weighted by Crippen LogP contribution is -2.01. The van der Waals surface area contributed by atoms with E-state index in [0.29, 0.717) is 32.6 Å². The van der Waals surface area contributed by atoms with Crippen LogP contribution >= 0.6 is 23.2 Å². The molecule has 0 heterocycles. The Morgan fingerprint density at radius 2 is 2.26 bits per heavy atom. The molecule has 0 aliphatic carbocycles. The number of hydrogen-bond acceptors (Lipinski definition) is 4. The summed E-state index contributed by atoms with van der Waals surface area (Å²) in [5, 5.41) is 15.9. The number of halogens is 2. The van der Waals surface area contributed by atoms with Gasteiger partial charge in [-0.15, -0.1) is 0 Å². The van der Waals surface area contributed by atoms with E-state index < -0.39 is 0 Å². The number of allylic oxidation sites excluding steroid dienone is 2. The molecule has 6 heteroatoms. The lowest BCUT2D eigenvalue weighted by atomic mass is 10.2. The third kappa shape index (κ3) is 4.02. The number of nitrogens with one attached hydrogen (secondary N) is 1. The summed E-state index contributed by atoms with van der Waals surface area (Å²) in [6.45, 7) is 5.57. The molecule has 0 amide bonds. The molecular formula is C13H12Cl2N4. The molecule has 0 fully saturated rings. The molecule has 0 bridgehead atoms. The van der Waals surface area contributed by atoms with Crippen LogP contribution in [0.1, 0.15) is 12.5 Å². The monoisotopic (exact) mass is 294 g/mol. The van der Waals surface area contributed by atoms with Gasteiger partial charge in [-0.3, -0.25) is 0 Å². The zero-order valence-corrected chi connectivity index (χ0v) is 11.8. The maximum atomic E-state index is 8.75. The van der Waals surface area contributed by atoms with Gasteiger partial charge in [0.15, 0.2) is 0 Å². The van der Waals surface area contributed by atoms with Gasteiger partial charge >= 0.3 is 0 Å². The zero-order valence-electron chi connectivity index (χ0n) is 10.2. The summed E-state index contributed by atoms with van der Waals surface area (Å²) < 4.78 is 0. The molecule has 0 aromatic heterocycles. The highest BCUT2D eigenvalue weighted by molar-refractivity contribution is 6.35. The van der Waals surface area contributed by atoms with Crippen molar-refractivity contribution in [3.05, 3.63) is 51.7 Å². The van der Waals surface area contributed by atoms with Gasteiger partial charge in [0.05, 0.1) is 39.3 Å². The fourth-order valence-electron chi connectivity index (χ4n) is 1.31. The average molecular weight is 295 g/mol. The zero-order chi connectivity index (χ0) is 14.4. The maximum Gasteiger partial charge on any atom is 0.0992 e. The van der Waals surface area contributed by atoms with Gasteiger partial charge in [-0.25, -0.2) is 0 Å². The number of anilines is 1. The van der Waals surface area contributed by atoms with Crippen molar-refractivity contribution in [1.29, 1.82) is 5.26 Å². The standard InChI is InChI=1S/C13H12Cl2N4/c1-8(7-18-17)13(15)9(2)19-12-4-3-10(6-16)5-11(12)14/h3-5,7,19H,2,17H2,1H3/b13-8+,18-7-. The second kappa shape index (κ2) is 6.83. The smallest absolute Gasteiger partial charge is 0.0992 e. The van der Waals surface area contributed by atoms with Gasteiger partial charge in [0.2, 0.25) is 0 Å². The number of rotatable bonds is 4. The predicted molar refractivity (Wildman–Crippen MR) is 80.2 cm³/mol. The minimum Gasteiger partial charge on any atom is -0.354 e. The first-order chi connectivity index (χ1) is 8.99. The van der Waals surface area contributed by atoms with Gasteiger partial charge in [-0.1, -0.05) is 29.8 Å². The van der Waals surface area contributed by atoms with E-state index in [1.165, 1.54) is 6.21 Å². The van der Waals surface area contributed by atoms with Gasteiger partial charge in [0.1, 0.15) is 0 Å². The Bertz CT molecular complexity index is 597. The molecule has 19 heavy (non-hydrogen) atoms. The molecule has 1 aromatic carbocycles. The summed E-state index contributed by atoms with van der Waals surface area (Å²) in [7, 11) is 0. The van der Waals surface area contributed by atoms with E-state index in [1.54, 1.807) is 25.1 Å². The van der Waals surface area contributed by atoms with Crippen LogP contribution in [0.5, 0.6) is 0 Å². The topological polar surface area (TPSA) is 74.2 Å². The third-order valence-electron chi connectivity index (χ3n) is 2.26. The molecule has 0 spiro atoms. The van der Waals surface area contributed by atoms with E-state index in [1.807, 2.05) is 6.07 Å². The van der Waals surface area contributed by atoms with Crippen LogP contribution in [0.15, 0.2) is 46.2 Å². The number of nitrogens with zero attached hydrogens (tertiary/aromatic N) is 2. The van der Waals surface area contributed by atoms with Crippen molar-refractivity contribution < 1.29 is 0 Å². The molecule has 0 saturated heterocycles. The lowest BCUT2D eigenvalue weighted by molar-refractivity contribution is 1.26. The van der Waals surface area contributed by atoms with Crippen LogP contribution in [0.4, 0.5) is 5.69 Å². The Balaban J connectivity index is 2.95. The van der Waals surface area contributed by atoms with E-state index in [-0.39, 0.29) is 0 Å². The van der Waals surface area contributed by atoms with Gasteiger partial charge in [0.25, 0.3) is 0 Å². The van der Waals surface area contributed by atoms with Gasteiger partial charge in [-0.2, -0.15) is 10.4 Å². The molecule has 0 atom stereocenters. The number of benzene rings is 1. The van der Waals surface area contributed by atoms with Crippen LogP contribution in [0.25, 0.3) is 0 Å². The molecule has 1 aromatic rings. The summed E-state index contributed by atoms with van der Waals surface area (Å²) in [4.78, 5) is 0. The summed E-state index contributed by atoms with van der Waals surface area (Å²) in [5.41, 5.74) is 2.23. The number of nitrogens with two attached hydrogens (primary N) is 1. The first-order valence-corrected chi connectivity index (χ1v) is 6.00. The molecule has 0 saturated carbocycles. The summed E-state index contributed by atoms with van der Waals surface area (Å²) in [5.74, 6) is 5.05. The van der Waals surface area contributed by atoms with Crippen molar-refractivity contribution in [3.8, 4) is 6.07 Å². The SMILES string of the molecule is C=C(Nc1ccc(C#N)cc1Cl)/C(Cl)=C(C)\C=N/N. The second-order valence-electron chi connectivity index (χ2n) is 3.69. The number of hydrogen-bond donors (Lipinski definition) is 2. The normalized spacial score (nSPS) is 11.9. The summed E-state index contributed by atoms with van der Waals surface area (Å²) in [6, 6.07) is 6.89. The average Bonchev–Trinajstić information content (AvgIpc) is 2.40. The highest BCUT2D eigenvalue weighted by Crippen LogP contribution is 2.26. The second-order valence-corrected chi connectivity index (χ2v) is 4.47. The Hall–Kier alpha value is -1.96. The summed E-state index contributed by atoms with van der Waals surface area (Å²) >= 11 is 12.1. The van der Waals surface area contributed by atoms with E-state index in [4.69, 9.17) is 34.3 Å². The van der Waals surface area contributed by atoms with E-state index >= 15 is 0 Å². The van der Waals surface area contributed by atoms with Crippen LogP contribution in [-0.2, 0) is 0 Å². The van der Waals surface area contributed by atoms with E-state index in [0.717, 1.165) is 0 Å². The lowest BCUT2D eigenvalue weighted by Gasteiger charge is -2.11. The van der Waals surface area contributed by atoms with Crippen molar-refractivity contribution in [1.82, 2.24) is 0 Å². The molecule has 4 nitrogen and oxygen atoms in total. The van der Waals surface area contributed by atoms with E-state index in [9.17, 15) is 0 Å². The Kier molecular flexibility index (Phi) is 5.43. The molecule has 0 unspecified atom stereocenters. The van der Waals surface area contributed by atoms with Crippen molar-refractivity contribution in [2.45, 2.75) is 6.92 Å². The highest BCUT2D eigenvalue weighted by Gasteiger charge is 2.07. The first kappa shape index (κ1) is 15.1. The number of nitriles is 1. The minimum absolute atomic E-state index is 0.398. The van der Waals surface area contributed by atoms with Crippen LogP contribution in [0.2, 0.25) is 5.02 Å². The van der Waals surface area contributed by atoms with E-state index in [2.05, 4.69) is 17.0 Å². The van der Waals surface area contributed by atoms with Crippen LogP contribution < -0.4 is 11.2 Å². The fraction of sp³-hybridized carbons (Fsp3) is 0.0769. The Labute approximate surface area is 121 Å². The summed E-state index contributed by atoms with van der Waals surface area (Å²) in [6.07, 6.45) is 1.43. The molecule has 0 aliphatic rings. The quantitative estimate of drug-likeness (QED) is 0.386. The largest absolute Gasteiger partial charge is 0.354 e. The molecule has 0 aliphatic heterocycles. The molecule has 98 valence electrons. The highest BCUT2D eigenvalue weighted by atomic mass is 35.5. The molecular weight excluding hydrogens is 283 g/mol. The van der Waals surface area contributed by atoms with Gasteiger partial charge in [-0.05, 0) is 30.7 Å². The first-order valence-electron chi connectivity index (χ1n) is 5.25. The van der Waals surface area contributed by atoms with Crippen molar-refractivity contribution in [3.63, 3.8) is 0 Å². The minimum atomic E-state index is 0.398. The third-order valence-corrected chi connectivity index (χ3v) is 3.10. The molecule has 3 N–H and O–H groups in total. The Morgan fingerprint density at radius 3 is 2.79 bits per heavy atom.